The Balaban J connectivity index is 2.78. The molecule has 16 heavy (non-hydrogen) atoms. The molecular weight excluding hydrogens is 202 g/mol. The summed E-state index contributed by atoms with van der Waals surface area (Å²) in [6.45, 7) is 6.85. The van der Waals surface area contributed by atoms with E-state index in [1.54, 1.807) is 7.11 Å². The van der Waals surface area contributed by atoms with Gasteiger partial charge >= 0.3 is 0 Å². The van der Waals surface area contributed by atoms with Gasteiger partial charge in [0.1, 0.15) is 17.6 Å². The number of rotatable bonds is 4. The first-order chi connectivity index (χ1) is 7.47. The Bertz CT molecular complexity index is 331. The van der Waals surface area contributed by atoms with Gasteiger partial charge in [0.2, 0.25) is 0 Å². The van der Waals surface area contributed by atoms with Gasteiger partial charge < -0.3 is 15.2 Å². The van der Waals surface area contributed by atoms with Crippen LogP contribution in [-0.2, 0) is 0 Å². The molecule has 0 aliphatic heterocycles. The van der Waals surface area contributed by atoms with E-state index in [0.29, 0.717) is 6.54 Å². The molecule has 1 rings (SSSR count). The zero-order valence-electron chi connectivity index (χ0n) is 10.5. The molecule has 0 bridgehead atoms. The molecule has 1 unspecified atom stereocenters. The van der Waals surface area contributed by atoms with E-state index < -0.39 is 0 Å². The first-order valence-corrected chi connectivity index (χ1v) is 5.48. The summed E-state index contributed by atoms with van der Waals surface area (Å²) in [4.78, 5) is 0. The van der Waals surface area contributed by atoms with Gasteiger partial charge in [-0.05, 0) is 12.1 Å². The number of ether oxygens (including phenoxy) is 2. The van der Waals surface area contributed by atoms with Crippen LogP contribution in [0.1, 0.15) is 20.8 Å². The molecule has 1 aromatic rings. The summed E-state index contributed by atoms with van der Waals surface area (Å²) in [5, 5.41) is 0. The van der Waals surface area contributed by atoms with Gasteiger partial charge in [-0.15, -0.1) is 0 Å². The normalized spacial score (nSPS) is 13.3. The summed E-state index contributed by atoms with van der Waals surface area (Å²) in [5.41, 5.74) is 5.75. The highest BCUT2D eigenvalue weighted by molar-refractivity contribution is 5.33. The van der Waals surface area contributed by atoms with Crippen LogP contribution in [0.3, 0.4) is 0 Å². The first kappa shape index (κ1) is 12.8. The molecule has 0 radical (unpaired) electrons. The molecule has 0 aliphatic carbocycles. The standard InChI is InChI=1S/C13H21NO2/c1-13(2,3)12(9-14)16-11-7-5-6-10(8-11)15-4/h5-8,12H,9,14H2,1-4H3. The highest BCUT2D eigenvalue weighted by Gasteiger charge is 2.25. The maximum absolute atomic E-state index is 5.87. The van der Waals surface area contributed by atoms with Crippen LogP contribution in [0, 0.1) is 5.41 Å². The number of hydrogen-bond donors (Lipinski definition) is 1. The topological polar surface area (TPSA) is 44.5 Å². The van der Waals surface area contributed by atoms with Crippen LogP contribution in [0.4, 0.5) is 0 Å². The third-order valence-corrected chi connectivity index (χ3v) is 2.50. The Hall–Kier alpha value is -1.22. The fourth-order valence-corrected chi connectivity index (χ4v) is 1.42. The van der Waals surface area contributed by atoms with E-state index in [0.717, 1.165) is 11.5 Å². The number of hydrogen-bond acceptors (Lipinski definition) is 3. The lowest BCUT2D eigenvalue weighted by Crippen LogP contribution is -2.38. The molecule has 0 fully saturated rings. The minimum Gasteiger partial charge on any atom is -0.497 e. The van der Waals surface area contributed by atoms with Crippen molar-refractivity contribution < 1.29 is 9.47 Å². The minimum atomic E-state index is -0.000365. The van der Waals surface area contributed by atoms with Crippen molar-refractivity contribution in [2.24, 2.45) is 11.1 Å². The van der Waals surface area contributed by atoms with Gasteiger partial charge in [0.05, 0.1) is 7.11 Å². The second kappa shape index (κ2) is 5.21. The Kier molecular flexibility index (Phi) is 4.19. The van der Waals surface area contributed by atoms with Crippen LogP contribution in [0.15, 0.2) is 24.3 Å². The van der Waals surface area contributed by atoms with Gasteiger partial charge in [-0.3, -0.25) is 0 Å². The van der Waals surface area contributed by atoms with Crippen molar-refractivity contribution in [3.63, 3.8) is 0 Å². The van der Waals surface area contributed by atoms with E-state index in [4.69, 9.17) is 15.2 Å². The summed E-state index contributed by atoms with van der Waals surface area (Å²) >= 11 is 0. The molecule has 0 aliphatic rings. The molecule has 0 heterocycles. The van der Waals surface area contributed by atoms with Crippen LogP contribution in [0.2, 0.25) is 0 Å². The Morgan fingerprint density at radius 1 is 1.25 bits per heavy atom. The Morgan fingerprint density at radius 3 is 2.38 bits per heavy atom. The molecule has 0 amide bonds. The Labute approximate surface area is 97.6 Å². The quantitative estimate of drug-likeness (QED) is 0.852. The van der Waals surface area contributed by atoms with E-state index in [1.807, 2.05) is 24.3 Å². The van der Waals surface area contributed by atoms with Crippen molar-refractivity contribution in [1.29, 1.82) is 0 Å². The lowest BCUT2D eigenvalue weighted by molar-refractivity contribution is 0.0939. The van der Waals surface area contributed by atoms with Crippen molar-refractivity contribution in [1.82, 2.24) is 0 Å². The highest BCUT2D eigenvalue weighted by atomic mass is 16.5. The third kappa shape index (κ3) is 3.42. The smallest absolute Gasteiger partial charge is 0.123 e. The van der Waals surface area contributed by atoms with Crippen LogP contribution in [0.25, 0.3) is 0 Å². The predicted octanol–water partition coefficient (Wildman–Crippen LogP) is 2.45. The van der Waals surface area contributed by atoms with Crippen LogP contribution in [0.5, 0.6) is 11.5 Å². The van der Waals surface area contributed by atoms with Crippen LogP contribution in [-0.4, -0.2) is 19.8 Å². The molecular formula is C13H21NO2. The molecule has 1 aromatic carbocycles. The van der Waals surface area contributed by atoms with Gasteiger partial charge in [0.25, 0.3) is 0 Å². The minimum absolute atomic E-state index is 0.000365. The summed E-state index contributed by atoms with van der Waals surface area (Å²) < 4.78 is 11.0. The summed E-state index contributed by atoms with van der Waals surface area (Å²) in [5.74, 6) is 1.59. The van der Waals surface area contributed by atoms with Crippen molar-refractivity contribution in [3.8, 4) is 11.5 Å². The van der Waals surface area contributed by atoms with E-state index in [2.05, 4.69) is 20.8 Å². The second-order valence-corrected chi connectivity index (χ2v) is 4.89. The van der Waals surface area contributed by atoms with E-state index in [-0.39, 0.29) is 11.5 Å². The number of methoxy groups -OCH3 is 1. The molecule has 0 aromatic heterocycles. The largest absolute Gasteiger partial charge is 0.497 e. The monoisotopic (exact) mass is 223 g/mol. The van der Waals surface area contributed by atoms with Crippen LogP contribution < -0.4 is 15.2 Å². The van der Waals surface area contributed by atoms with E-state index in [1.165, 1.54) is 0 Å². The third-order valence-electron chi connectivity index (χ3n) is 2.50. The van der Waals surface area contributed by atoms with E-state index >= 15 is 0 Å². The average molecular weight is 223 g/mol. The Morgan fingerprint density at radius 2 is 1.88 bits per heavy atom. The van der Waals surface area contributed by atoms with E-state index in [9.17, 15) is 0 Å². The lowest BCUT2D eigenvalue weighted by atomic mass is 9.89. The lowest BCUT2D eigenvalue weighted by Gasteiger charge is -2.30. The molecule has 3 nitrogen and oxygen atoms in total. The van der Waals surface area contributed by atoms with Gasteiger partial charge in [-0.2, -0.15) is 0 Å². The van der Waals surface area contributed by atoms with Gasteiger partial charge in [-0.1, -0.05) is 26.8 Å². The van der Waals surface area contributed by atoms with Crippen molar-refractivity contribution in [3.05, 3.63) is 24.3 Å². The van der Waals surface area contributed by atoms with Gasteiger partial charge in [0, 0.05) is 18.0 Å². The second-order valence-electron chi connectivity index (χ2n) is 4.89. The molecule has 1 atom stereocenters. The fraction of sp³-hybridized carbons (Fsp3) is 0.538. The predicted molar refractivity (Wildman–Crippen MR) is 65.9 cm³/mol. The fourth-order valence-electron chi connectivity index (χ4n) is 1.42. The maximum atomic E-state index is 5.87. The molecule has 0 saturated heterocycles. The van der Waals surface area contributed by atoms with Crippen molar-refractivity contribution in [2.45, 2.75) is 26.9 Å². The maximum Gasteiger partial charge on any atom is 0.123 e. The summed E-state index contributed by atoms with van der Waals surface area (Å²) in [6.07, 6.45) is -0.000365. The highest BCUT2D eigenvalue weighted by Crippen LogP contribution is 2.26. The zero-order chi connectivity index (χ0) is 12.2. The van der Waals surface area contributed by atoms with Crippen LogP contribution >= 0.6 is 0 Å². The molecule has 2 N–H and O–H groups in total. The molecule has 0 spiro atoms. The molecule has 90 valence electrons. The van der Waals surface area contributed by atoms with Crippen molar-refractivity contribution >= 4 is 0 Å². The summed E-state index contributed by atoms with van der Waals surface area (Å²) in [7, 11) is 1.64. The van der Waals surface area contributed by atoms with Gasteiger partial charge in [0.15, 0.2) is 0 Å². The average Bonchev–Trinajstić information content (AvgIpc) is 2.24. The summed E-state index contributed by atoms with van der Waals surface area (Å²) in [6, 6.07) is 7.58. The molecule has 3 heteroatoms. The molecule has 0 saturated carbocycles. The zero-order valence-corrected chi connectivity index (χ0v) is 10.5. The number of benzene rings is 1. The first-order valence-electron chi connectivity index (χ1n) is 5.48. The van der Waals surface area contributed by atoms with Gasteiger partial charge in [-0.25, -0.2) is 0 Å². The SMILES string of the molecule is COc1cccc(OC(CN)C(C)(C)C)c1. The number of nitrogens with two attached hydrogens (primary N) is 1. The van der Waals surface area contributed by atoms with Crippen molar-refractivity contribution in [2.75, 3.05) is 13.7 Å².